The fourth-order valence-electron chi connectivity index (χ4n) is 1.32. The molecule has 1 aromatic heterocycles. The van der Waals surface area contributed by atoms with Gasteiger partial charge >= 0.3 is 0 Å². The SMILES string of the molecule is OCC=Cc1ccc(-c2ccon2)cc1. The fourth-order valence-corrected chi connectivity index (χ4v) is 1.32. The zero-order chi connectivity index (χ0) is 10.5. The van der Waals surface area contributed by atoms with Gasteiger partial charge in [-0.15, -0.1) is 0 Å². The first-order valence-electron chi connectivity index (χ1n) is 4.68. The van der Waals surface area contributed by atoms with Gasteiger partial charge < -0.3 is 9.63 Å². The number of aliphatic hydroxyl groups is 1. The molecule has 2 rings (SSSR count). The normalized spacial score (nSPS) is 11.0. The molecule has 1 heterocycles. The van der Waals surface area contributed by atoms with Crippen molar-refractivity contribution in [3.05, 3.63) is 48.2 Å². The molecule has 3 heteroatoms. The quantitative estimate of drug-likeness (QED) is 0.829. The maximum atomic E-state index is 8.62. The van der Waals surface area contributed by atoms with Crippen LogP contribution in [0.4, 0.5) is 0 Å². The summed E-state index contributed by atoms with van der Waals surface area (Å²) in [6.45, 7) is 0.0606. The van der Waals surface area contributed by atoms with Crippen LogP contribution in [0.5, 0.6) is 0 Å². The summed E-state index contributed by atoms with van der Waals surface area (Å²) in [6.07, 6.45) is 5.12. The van der Waals surface area contributed by atoms with Crippen LogP contribution >= 0.6 is 0 Å². The van der Waals surface area contributed by atoms with Crippen LogP contribution in [0, 0.1) is 0 Å². The van der Waals surface area contributed by atoms with E-state index in [9.17, 15) is 0 Å². The second kappa shape index (κ2) is 4.57. The van der Waals surface area contributed by atoms with Crippen molar-refractivity contribution in [3.8, 4) is 11.3 Å². The van der Waals surface area contributed by atoms with Gasteiger partial charge in [-0.2, -0.15) is 0 Å². The number of aliphatic hydroxyl groups excluding tert-OH is 1. The van der Waals surface area contributed by atoms with Gasteiger partial charge in [0, 0.05) is 11.6 Å². The second-order valence-electron chi connectivity index (χ2n) is 3.09. The first-order chi connectivity index (χ1) is 7.40. The first kappa shape index (κ1) is 9.68. The Morgan fingerprint density at radius 2 is 2.00 bits per heavy atom. The third-order valence-corrected chi connectivity index (χ3v) is 2.06. The van der Waals surface area contributed by atoms with Crippen LogP contribution in [0.15, 0.2) is 47.2 Å². The molecule has 0 radical (unpaired) electrons. The van der Waals surface area contributed by atoms with Crippen LogP contribution in [0.25, 0.3) is 17.3 Å². The summed E-state index contributed by atoms with van der Waals surface area (Å²) >= 11 is 0. The maximum absolute atomic E-state index is 8.62. The number of nitrogens with zero attached hydrogens (tertiary/aromatic N) is 1. The molecule has 0 saturated heterocycles. The lowest BCUT2D eigenvalue weighted by Gasteiger charge is -1.96. The molecule has 2 aromatic rings. The third kappa shape index (κ3) is 2.33. The summed E-state index contributed by atoms with van der Waals surface area (Å²) in [7, 11) is 0. The van der Waals surface area contributed by atoms with Crippen LogP contribution in [0.1, 0.15) is 5.56 Å². The zero-order valence-corrected chi connectivity index (χ0v) is 8.13. The maximum Gasteiger partial charge on any atom is 0.124 e. The molecule has 0 bridgehead atoms. The van der Waals surface area contributed by atoms with E-state index in [2.05, 4.69) is 5.16 Å². The molecule has 0 aliphatic rings. The fraction of sp³-hybridized carbons (Fsp3) is 0.0833. The minimum Gasteiger partial charge on any atom is -0.392 e. The average molecular weight is 201 g/mol. The molecule has 0 unspecified atom stereocenters. The molecule has 76 valence electrons. The molecule has 15 heavy (non-hydrogen) atoms. The highest BCUT2D eigenvalue weighted by atomic mass is 16.5. The van der Waals surface area contributed by atoms with Gasteiger partial charge in [0.25, 0.3) is 0 Å². The molecule has 0 spiro atoms. The van der Waals surface area contributed by atoms with E-state index in [4.69, 9.17) is 9.63 Å². The minimum atomic E-state index is 0.0606. The average Bonchev–Trinajstić information content (AvgIpc) is 2.80. The van der Waals surface area contributed by atoms with Crippen LogP contribution in [-0.2, 0) is 0 Å². The number of benzene rings is 1. The Hall–Kier alpha value is -1.87. The zero-order valence-electron chi connectivity index (χ0n) is 8.13. The van der Waals surface area contributed by atoms with Crippen molar-refractivity contribution in [2.24, 2.45) is 0 Å². The van der Waals surface area contributed by atoms with Crippen LogP contribution in [-0.4, -0.2) is 16.9 Å². The van der Waals surface area contributed by atoms with Crippen molar-refractivity contribution in [1.82, 2.24) is 5.16 Å². The predicted molar refractivity (Wildman–Crippen MR) is 58.1 cm³/mol. The lowest BCUT2D eigenvalue weighted by atomic mass is 10.1. The summed E-state index contributed by atoms with van der Waals surface area (Å²) in [6, 6.07) is 9.69. The van der Waals surface area contributed by atoms with E-state index in [0.717, 1.165) is 16.8 Å². The number of rotatable bonds is 3. The lowest BCUT2D eigenvalue weighted by Crippen LogP contribution is -1.78. The number of hydrogen-bond donors (Lipinski definition) is 1. The summed E-state index contributed by atoms with van der Waals surface area (Å²) in [4.78, 5) is 0. The number of hydrogen-bond acceptors (Lipinski definition) is 3. The van der Waals surface area contributed by atoms with Gasteiger partial charge in [-0.05, 0) is 5.56 Å². The van der Waals surface area contributed by atoms with Crippen molar-refractivity contribution in [3.63, 3.8) is 0 Å². The van der Waals surface area contributed by atoms with Gasteiger partial charge in [0.2, 0.25) is 0 Å². The molecule has 0 saturated carbocycles. The highest BCUT2D eigenvalue weighted by Gasteiger charge is 1.99. The van der Waals surface area contributed by atoms with E-state index in [1.807, 2.05) is 36.4 Å². The molecular formula is C12H11NO2. The molecule has 0 atom stereocenters. The summed E-state index contributed by atoms with van der Waals surface area (Å²) < 4.78 is 4.77. The van der Waals surface area contributed by atoms with E-state index < -0.39 is 0 Å². The Kier molecular flexibility index (Phi) is 2.95. The summed E-state index contributed by atoms with van der Waals surface area (Å²) in [5.41, 5.74) is 2.90. The van der Waals surface area contributed by atoms with E-state index >= 15 is 0 Å². The van der Waals surface area contributed by atoms with Crippen LogP contribution in [0.2, 0.25) is 0 Å². The monoisotopic (exact) mass is 201 g/mol. The molecular weight excluding hydrogens is 190 g/mol. The van der Waals surface area contributed by atoms with Crippen LogP contribution in [0.3, 0.4) is 0 Å². The Labute approximate surface area is 87.7 Å². The van der Waals surface area contributed by atoms with Gasteiger partial charge in [-0.3, -0.25) is 0 Å². The Morgan fingerprint density at radius 1 is 1.20 bits per heavy atom. The van der Waals surface area contributed by atoms with Crippen molar-refractivity contribution in [2.45, 2.75) is 0 Å². The van der Waals surface area contributed by atoms with Crippen LogP contribution < -0.4 is 0 Å². The summed E-state index contributed by atoms with van der Waals surface area (Å²) in [5.74, 6) is 0. The highest BCUT2D eigenvalue weighted by molar-refractivity contribution is 5.61. The third-order valence-electron chi connectivity index (χ3n) is 2.06. The second-order valence-corrected chi connectivity index (χ2v) is 3.09. The van der Waals surface area contributed by atoms with Crippen molar-refractivity contribution in [1.29, 1.82) is 0 Å². The molecule has 0 aliphatic carbocycles. The van der Waals surface area contributed by atoms with Gasteiger partial charge in [-0.1, -0.05) is 41.6 Å². The smallest absolute Gasteiger partial charge is 0.124 e. The van der Waals surface area contributed by atoms with Crippen molar-refractivity contribution >= 4 is 6.08 Å². The van der Waals surface area contributed by atoms with E-state index in [1.54, 1.807) is 12.3 Å². The lowest BCUT2D eigenvalue weighted by molar-refractivity contribution is 0.343. The molecule has 0 aliphatic heterocycles. The number of aromatic nitrogens is 1. The molecule has 0 amide bonds. The van der Waals surface area contributed by atoms with E-state index in [-0.39, 0.29) is 6.61 Å². The molecule has 1 aromatic carbocycles. The Balaban J connectivity index is 2.21. The van der Waals surface area contributed by atoms with Crippen molar-refractivity contribution < 1.29 is 9.63 Å². The topological polar surface area (TPSA) is 46.3 Å². The molecule has 3 nitrogen and oxygen atoms in total. The van der Waals surface area contributed by atoms with E-state index in [1.165, 1.54) is 0 Å². The largest absolute Gasteiger partial charge is 0.392 e. The molecule has 1 N–H and O–H groups in total. The standard InChI is InChI=1S/C12H11NO2/c14-8-1-2-10-3-5-11(6-4-10)12-7-9-15-13-12/h1-7,9,14H,8H2. The highest BCUT2D eigenvalue weighted by Crippen LogP contribution is 2.17. The Morgan fingerprint density at radius 3 is 2.60 bits per heavy atom. The summed E-state index contributed by atoms with van der Waals surface area (Å²) in [5, 5.41) is 12.5. The van der Waals surface area contributed by atoms with Crippen molar-refractivity contribution in [2.75, 3.05) is 6.61 Å². The van der Waals surface area contributed by atoms with Gasteiger partial charge in [0.1, 0.15) is 12.0 Å². The minimum absolute atomic E-state index is 0.0606. The van der Waals surface area contributed by atoms with Gasteiger partial charge in [0.05, 0.1) is 6.61 Å². The molecule has 0 fully saturated rings. The Bertz CT molecular complexity index is 429. The first-order valence-corrected chi connectivity index (χ1v) is 4.68. The van der Waals surface area contributed by atoms with E-state index in [0.29, 0.717) is 0 Å². The predicted octanol–water partition coefficient (Wildman–Crippen LogP) is 2.35. The van der Waals surface area contributed by atoms with Gasteiger partial charge in [0.15, 0.2) is 0 Å². The van der Waals surface area contributed by atoms with Gasteiger partial charge in [-0.25, -0.2) is 0 Å².